The lowest BCUT2D eigenvalue weighted by atomic mass is 10.1. The largest absolute Gasteiger partial charge is 0.378 e. The maximum atomic E-state index is 12.4. The van der Waals surface area contributed by atoms with Crippen LogP contribution in [0, 0.1) is 13.8 Å². The van der Waals surface area contributed by atoms with Gasteiger partial charge in [-0.25, -0.2) is 0 Å². The van der Waals surface area contributed by atoms with E-state index in [9.17, 15) is 4.79 Å². The molecule has 29 heavy (non-hydrogen) atoms. The highest BCUT2D eigenvalue weighted by atomic mass is 32.2. The van der Waals surface area contributed by atoms with Gasteiger partial charge in [-0.15, -0.1) is 10.2 Å². The molecule has 0 atom stereocenters. The first-order valence-electron chi connectivity index (χ1n) is 9.59. The second-order valence-corrected chi connectivity index (χ2v) is 8.15. The molecule has 2 aromatic carbocycles. The Morgan fingerprint density at radius 2 is 1.83 bits per heavy atom. The van der Waals surface area contributed by atoms with Gasteiger partial charge in [-0.1, -0.05) is 30.0 Å². The van der Waals surface area contributed by atoms with Crippen LogP contribution in [0.3, 0.4) is 0 Å². The van der Waals surface area contributed by atoms with Crippen molar-refractivity contribution in [3.05, 3.63) is 53.6 Å². The quantitative estimate of drug-likeness (QED) is 0.587. The van der Waals surface area contributed by atoms with E-state index in [1.807, 2.05) is 56.8 Å². The Hall–Kier alpha value is -2.80. The van der Waals surface area contributed by atoms with E-state index in [0.29, 0.717) is 0 Å². The summed E-state index contributed by atoms with van der Waals surface area (Å²) in [4.78, 5) is 14.5. The standard InChI is InChI=1S/C22H27N5OS/c1-6-27-21(17-8-7-9-19(13-17)26(4)5)24-25-22(27)29-14-20(28)23-18-11-15(2)10-16(3)12-18/h7-13H,6,14H2,1-5H3,(H,23,28). The molecule has 0 spiro atoms. The summed E-state index contributed by atoms with van der Waals surface area (Å²) < 4.78 is 2.05. The number of rotatable bonds is 7. The summed E-state index contributed by atoms with van der Waals surface area (Å²) in [5, 5.41) is 12.4. The predicted octanol–water partition coefficient (Wildman–Crippen LogP) is 4.38. The topological polar surface area (TPSA) is 63.1 Å². The number of aromatic nitrogens is 3. The van der Waals surface area contributed by atoms with Crippen molar-refractivity contribution in [2.24, 2.45) is 0 Å². The molecule has 7 heteroatoms. The third kappa shape index (κ3) is 5.17. The fraction of sp³-hybridized carbons (Fsp3) is 0.318. The van der Waals surface area contributed by atoms with E-state index < -0.39 is 0 Å². The molecular weight excluding hydrogens is 382 g/mol. The fourth-order valence-electron chi connectivity index (χ4n) is 3.19. The van der Waals surface area contributed by atoms with E-state index in [1.54, 1.807) is 0 Å². The lowest BCUT2D eigenvalue weighted by Gasteiger charge is -2.14. The van der Waals surface area contributed by atoms with E-state index in [0.717, 1.165) is 45.6 Å². The maximum Gasteiger partial charge on any atom is 0.234 e. The zero-order chi connectivity index (χ0) is 21.0. The number of thioether (sulfide) groups is 1. The minimum absolute atomic E-state index is 0.0539. The molecule has 0 bridgehead atoms. The maximum absolute atomic E-state index is 12.4. The molecule has 1 N–H and O–H groups in total. The highest BCUT2D eigenvalue weighted by Gasteiger charge is 2.15. The van der Waals surface area contributed by atoms with Crippen molar-refractivity contribution in [1.82, 2.24) is 14.8 Å². The van der Waals surface area contributed by atoms with E-state index in [4.69, 9.17) is 0 Å². The Labute approximate surface area is 176 Å². The summed E-state index contributed by atoms with van der Waals surface area (Å²) in [7, 11) is 4.03. The summed E-state index contributed by atoms with van der Waals surface area (Å²) in [6, 6.07) is 14.2. The van der Waals surface area contributed by atoms with E-state index in [2.05, 4.69) is 45.5 Å². The molecule has 6 nitrogen and oxygen atoms in total. The third-order valence-corrected chi connectivity index (χ3v) is 5.46. The molecule has 3 rings (SSSR count). The van der Waals surface area contributed by atoms with Crippen molar-refractivity contribution in [3.63, 3.8) is 0 Å². The zero-order valence-corrected chi connectivity index (χ0v) is 18.4. The lowest BCUT2D eigenvalue weighted by molar-refractivity contribution is -0.113. The van der Waals surface area contributed by atoms with Gasteiger partial charge in [-0.3, -0.25) is 4.79 Å². The molecule has 0 saturated carbocycles. The molecule has 1 heterocycles. The first kappa shape index (κ1) is 20.9. The van der Waals surface area contributed by atoms with Crippen LogP contribution in [-0.2, 0) is 11.3 Å². The van der Waals surface area contributed by atoms with Crippen LogP contribution in [0.5, 0.6) is 0 Å². The van der Waals surface area contributed by atoms with Gasteiger partial charge in [0.2, 0.25) is 5.91 Å². The van der Waals surface area contributed by atoms with Crippen LogP contribution in [0.1, 0.15) is 18.1 Å². The number of carbonyl (C=O) groups is 1. The second-order valence-electron chi connectivity index (χ2n) is 7.21. The van der Waals surface area contributed by atoms with Gasteiger partial charge in [0.1, 0.15) is 0 Å². The number of benzene rings is 2. The Bertz CT molecular complexity index is 992. The molecule has 1 amide bonds. The van der Waals surface area contributed by atoms with Gasteiger partial charge in [0.05, 0.1) is 5.75 Å². The Balaban J connectivity index is 1.72. The van der Waals surface area contributed by atoms with Crippen molar-refractivity contribution < 1.29 is 4.79 Å². The summed E-state index contributed by atoms with van der Waals surface area (Å²) in [5.74, 6) is 1.04. The third-order valence-electron chi connectivity index (χ3n) is 4.49. The number of amides is 1. The van der Waals surface area contributed by atoms with Crippen molar-refractivity contribution in [2.45, 2.75) is 32.5 Å². The van der Waals surface area contributed by atoms with Gasteiger partial charge in [0.25, 0.3) is 0 Å². The molecule has 3 aromatic rings. The Morgan fingerprint density at radius 3 is 2.48 bits per heavy atom. The molecular formula is C22H27N5OS. The number of hydrogen-bond donors (Lipinski definition) is 1. The molecule has 1 aromatic heterocycles. The minimum Gasteiger partial charge on any atom is -0.378 e. The first-order chi connectivity index (χ1) is 13.9. The van der Waals surface area contributed by atoms with Crippen molar-refractivity contribution >= 4 is 29.0 Å². The number of hydrogen-bond acceptors (Lipinski definition) is 5. The monoisotopic (exact) mass is 409 g/mol. The van der Waals surface area contributed by atoms with E-state index in [1.165, 1.54) is 11.8 Å². The summed E-state index contributed by atoms with van der Waals surface area (Å²) >= 11 is 1.40. The van der Waals surface area contributed by atoms with Crippen molar-refractivity contribution in [3.8, 4) is 11.4 Å². The Morgan fingerprint density at radius 1 is 1.10 bits per heavy atom. The van der Waals surface area contributed by atoms with Gasteiger partial charge in [0.15, 0.2) is 11.0 Å². The van der Waals surface area contributed by atoms with Crippen LogP contribution >= 0.6 is 11.8 Å². The van der Waals surface area contributed by atoms with Gasteiger partial charge < -0.3 is 14.8 Å². The summed E-state index contributed by atoms with van der Waals surface area (Å²) in [6.45, 7) is 6.83. The summed E-state index contributed by atoms with van der Waals surface area (Å²) in [5.41, 5.74) is 5.20. The van der Waals surface area contributed by atoms with Gasteiger partial charge >= 0.3 is 0 Å². The minimum atomic E-state index is -0.0539. The van der Waals surface area contributed by atoms with Gasteiger partial charge in [0, 0.05) is 37.6 Å². The lowest BCUT2D eigenvalue weighted by Crippen LogP contribution is -2.15. The number of aryl methyl sites for hydroxylation is 2. The molecule has 0 unspecified atom stereocenters. The van der Waals surface area contributed by atoms with Crippen molar-refractivity contribution in [1.29, 1.82) is 0 Å². The number of carbonyl (C=O) groups excluding carboxylic acids is 1. The number of nitrogens with one attached hydrogen (secondary N) is 1. The predicted molar refractivity (Wildman–Crippen MR) is 121 cm³/mol. The zero-order valence-electron chi connectivity index (χ0n) is 17.6. The molecule has 0 aliphatic carbocycles. The number of nitrogens with zero attached hydrogens (tertiary/aromatic N) is 4. The van der Waals surface area contributed by atoms with Crippen LogP contribution in [0.4, 0.5) is 11.4 Å². The molecule has 0 aliphatic rings. The average molecular weight is 410 g/mol. The average Bonchev–Trinajstić information content (AvgIpc) is 3.08. The highest BCUT2D eigenvalue weighted by molar-refractivity contribution is 7.99. The smallest absolute Gasteiger partial charge is 0.234 e. The van der Waals surface area contributed by atoms with Crippen LogP contribution in [0.15, 0.2) is 47.6 Å². The second kappa shape index (κ2) is 9.13. The highest BCUT2D eigenvalue weighted by Crippen LogP contribution is 2.26. The molecule has 152 valence electrons. The van der Waals surface area contributed by atoms with Crippen LogP contribution in [0.2, 0.25) is 0 Å². The molecule has 0 saturated heterocycles. The van der Waals surface area contributed by atoms with Crippen LogP contribution in [0.25, 0.3) is 11.4 Å². The molecule has 0 aliphatic heterocycles. The normalized spacial score (nSPS) is 10.8. The number of anilines is 2. The van der Waals surface area contributed by atoms with Crippen molar-refractivity contribution in [2.75, 3.05) is 30.1 Å². The first-order valence-corrected chi connectivity index (χ1v) is 10.6. The van der Waals surface area contributed by atoms with Crippen LogP contribution < -0.4 is 10.2 Å². The van der Waals surface area contributed by atoms with E-state index >= 15 is 0 Å². The Kier molecular flexibility index (Phi) is 6.59. The van der Waals surface area contributed by atoms with E-state index in [-0.39, 0.29) is 11.7 Å². The SMILES string of the molecule is CCn1c(SCC(=O)Nc2cc(C)cc(C)c2)nnc1-c1cccc(N(C)C)c1. The fourth-order valence-corrected chi connectivity index (χ4v) is 3.99. The summed E-state index contributed by atoms with van der Waals surface area (Å²) in [6.07, 6.45) is 0. The molecule has 0 radical (unpaired) electrons. The van der Waals surface area contributed by atoms with Crippen LogP contribution in [-0.4, -0.2) is 40.5 Å². The van der Waals surface area contributed by atoms with Gasteiger partial charge in [-0.2, -0.15) is 0 Å². The molecule has 0 fully saturated rings. The van der Waals surface area contributed by atoms with Gasteiger partial charge in [-0.05, 0) is 56.2 Å².